The van der Waals surface area contributed by atoms with Gasteiger partial charge in [0.2, 0.25) is 5.91 Å². The number of aliphatic hydroxyl groups excluding tert-OH is 1. The summed E-state index contributed by atoms with van der Waals surface area (Å²) in [7, 11) is 0. The average molecular weight is 623 g/mol. The third kappa shape index (κ3) is 21.9. The van der Waals surface area contributed by atoms with Crippen molar-refractivity contribution < 1.29 is 47.3 Å². The number of rotatable bonds is 23. The molecule has 0 spiro atoms. The Labute approximate surface area is 250 Å². The second kappa shape index (κ2) is 23.7. The lowest BCUT2D eigenvalue weighted by Gasteiger charge is -2.23. The molecule has 0 aliphatic heterocycles. The van der Waals surface area contributed by atoms with Gasteiger partial charge in [-0.05, 0) is 32.1 Å². The molecule has 0 fully saturated rings. The van der Waals surface area contributed by atoms with Crippen LogP contribution in [0.1, 0.15) is 78.1 Å². The monoisotopic (exact) mass is 622 g/mol. The average Bonchev–Trinajstić information content (AvgIpc) is 2.91. The molecule has 13 heteroatoms. The van der Waals surface area contributed by atoms with Gasteiger partial charge in [0.1, 0.15) is 12.6 Å². The van der Waals surface area contributed by atoms with Gasteiger partial charge in [-0.15, -0.1) is 11.8 Å². The van der Waals surface area contributed by atoms with Crippen LogP contribution in [0.2, 0.25) is 0 Å². The normalized spacial score (nSPS) is 14.2. The Bertz CT molecular complexity index is 895. The van der Waals surface area contributed by atoms with Crippen molar-refractivity contribution in [1.29, 1.82) is 0 Å². The van der Waals surface area contributed by atoms with E-state index in [1.807, 2.05) is 17.5 Å². The molecule has 0 aromatic rings. The molecule has 1 unspecified atom stereocenters. The van der Waals surface area contributed by atoms with Crippen molar-refractivity contribution in [3.8, 4) is 0 Å². The SMILES string of the molecule is CCCCCCCCC=CC=CC=C[C@H](SCC(NC(=O)C(F)(F)F)C(=O)NCC(=O)O)[C@H](O)CCCCOC(C)=O. The highest BCUT2D eigenvalue weighted by Crippen LogP contribution is 2.22. The number of unbranched alkanes of at least 4 members (excludes halogenated alkanes) is 7. The summed E-state index contributed by atoms with van der Waals surface area (Å²) in [5.74, 6) is -5.64. The molecule has 0 aliphatic rings. The van der Waals surface area contributed by atoms with Gasteiger partial charge in [0.25, 0.3) is 0 Å². The minimum absolute atomic E-state index is 0.179. The molecule has 0 saturated heterocycles. The zero-order chi connectivity index (χ0) is 31.8. The van der Waals surface area contributed by atoms with Crippen molar-refractivity contribution in [2.45, 2.75) is 102 Å². The number of allylic oxidation sites excluding steroid dienone is 5. The van der Waals surface area contributed by atoms with Gasteiger partial charge in [-0.25, -0.2) is 0 Å². The Kier molecular flexibility index (Phi) is 22.1. The summed E-state index contributed by atoms with van der Waals surface area (Å²) >= 11 is 0.940. The maximum atomic E-state index is 12.8. The quantitative estimate of drug-likeness (QED) is 0.0720. The molecule has 0 heterocycles. The topological polar surface area (TPSA) is 142 Å². The second-order valence-electron chi connectivity index (χ2n) is 9.59. The third-order valence-electron chi connectivity index (χ3n) is 5.82. The maximum Gasteiger partial charge on any atom is 0.471 e. The highest BCUT2D eigenvalue weighted by atomic mass is 32.2. The van der Waals surface area contributed by atoms with Gasteiger partial charge in [-0.1, -0.05) is 75.5 Å². The van der Waals surface area contributed by atoms with Gasteiger partial charge >= 0.3 is 24.0 Å². The van der Waals surface area contributed by atoms with Gasteiger partial charge in [0, 0.05) is 17.9 Å². The highest BCUT2D eigenvalue weighted by Gasteiger charge is 2.41. The Morgan fingerprint density at radius 2 is 1.62 bits per heavy atom. The number of hydrogen-bond acceptors (Lipinski definition) is 7. The number of hydrogen-bond donors (Lipinski definition) is 4. The minimum Gasteiger partial charge on any atom is -0.480 e. The molecule has 4 N–H and O–H groups in total. The van der Waals surface area contributed by atoms with Crippen molar-refractivity contribution in [1.82, 2.24) is 10.6 Å². The van der Waals surface area contributed by atoms with Crippen LogP contribution in [-0.4, -0.2) is 76.4 Å². The van der Waals surface area contributed by atoms with Crippen molar-refractivity contribution >= 4 is 35.5 Å². The molecule has 0 aliphatic carbocycles. The van der Waals surface area contributed by atoms with E-state index in [2.05, 4.69) is 13.0 Å². The number of esters is 1. The molecule has 2 amide bonds. The molecule has 42 heavy (non-hydrogen) atoms. The fourth-order valence-electron chi connectivity index (χ4n) is 3.57. The van der Waals surface area contributed by atoms with Crippen LogP contribution >= 0.6 is 11.8 Å². The number of carboxylic acid groups (broad SMARTS) is 1. The highest BCUT2D eigenvalue weighted by molar-refractivity contribution is 8.00. The summed E-state index contributed by atoms with van der Waals surface area (Å²) in [5.41, 5.74) is 0. The fourth-order valence-corrected chi connectivity index (χ4v) is 4.78. The van der Waals surface area contributed by atoms with Gasteiger partial charge in [0.15, 0.2) is 0 Å². The predicted molar refractivity (Wildman–Crippen MR) is 157 cm³/mol. The molecule has 240 valence electrons. The zero-order valence-corrected chi connectivity index (χ0v) is 25.2. The molecule has 0 aromatic carbocycles. The van der Waals surface area contributed by atoms with E-state index >= 15 is 0 Å². The van der Waals surface area contributed by atoms with E-state index in [1.54, 1.807) is 23.5 Å². The van der Waals surface area contributed by atoms with Crippen molar-refractivity contribution in [3.63, 3.8) is 0 Å². The van der Waals surface area contributed by atoms with Crippen molar-refractivity contribution in [2.75, 3.05) is 18.9 Å². The van der Waals surface area contributed by atoms with Gasteiger partial charge in [0.05, 0.1) is 12.7 Å². The van der Waals surface area contributed by atoms with Crippen LogP contribution in [0.4, 0.5) is 13.2 Å². The van der Waals surface area contributed by atoms with Crippen molar-refractivity contribution in [2.24, 2.45) is 0 Å². The van der Waals surface area contributed by atoms with E-state index < -0.39 is 53.9 Å². The molecule has 0 aromatic heterocycles. The number of aliphatic carboxylic acids is 1. The van der Waals surface area contributed by atoms with Gasteiger partial charge in [-0.3, -0.25) is 19.2 Å². The summed E-state index contributed by atoms with van der Waals surface area (Å²) in [6.45, 7) is 2.80. The van der Waals surface area contributed by atoms with E-state index in [-0.39, 0.29) is 18.8 Å². The Hall–Kier alpha value is -2.80. The van der Waals surface area contributed by atoms with Crippen LogP contribution in [0.15, 0.2) is 36.5 Å². The number of thioether (sulfide) groups is 1. The number of amides is 2. The Balaban J connectivity index is 5.28. The van der Waals surface area contributed by atoms with Gasteiger partial charge < -0.3 is 25.6 Å². The molecule has 0 bridgehead atoms. The smallest absolute Gasteiger partial charge is 0.471 e. The van der Waals surface area contributed by atoms with E-state index in [0.29, 0.717) is 12.8 Å². The first-order valence-corrected chi connectivity index (χ1v) is 15.2. The number of halogens is 3. The van der Waals surface area contributed by atoms with Crippen LogP contribution < -0.4 is 10.6 Å². The number of aliphatic hydroxyl groups is 1. The summed E-state index contributed by atoms with van der Waals surface area (Å²) in [4.78, 5) is 45.5. The number of carbonyl (C=O) groups is 4. The largest absolute Gasteiger partial charge is 0.480 e. The zero-order valence-electron chi connectivity index (χ0n) is 24.4. The standard InChI is InChI=1S/C29H45F3N2O7S/c1-3-4-5-6-7-8-9-10-11-12-13-14-18-25(24(36)17-15-16-19-41-22(2)35)42-21-23(27(39)33-20-26(37)38)34-28(40)29(30,31)32/h10-14,18,23-25,36H,3-9,15-17,19-21H2,1-2H3,(H,33,39)(H,34,40)(H,37,38)/t23?,24-,25+/m1/s1. The lowest BCUT2D eigenvalue weighted by molar-refractivity contribution is -0.174. The summed E-state index contributed by atoms with van der Waals surface area (Å²) < 4.78 is 43.3. The summed E-state index contributed by atoms with van der Waals surface area (Å²) in [5, 5.41) is 22.4. The Morgan fingerprint density at radius 3 is 2.26 bits per heavy atom. The molecule has 0 saturated carbocycles. The summed E-state index contributed by atoms with van der Waals surface area (Å²) in [6, 6.07) is -1.70. The van der Waals surface area contributed by atoms with E-state index in [1.165, 1.54) is 39.0 Å². The second-order valence-corrected chi connectivity index (χ2v) is 10.8. The first-order valence-electron chi connectivity index (χ1n) is 14.2. The minimum atomic E-state index is -5.25. The lowest BCUT2D eigenvalue weighted by Crippen LogP contribution is -2.52. The number of carbonyl (C=O) groups excluding carboxylic acids is 3. The number of carboxylic acids is 1. The molecule has 0 radical (unpaired) electrons. The van der Waals surface area contributed by atoms with Crippen LogP contribution in [0.25, 0.3) is 0 Å². The first kappa shape index (κ1) is 39.2. The van der Waals surface area contributed by atoms with Crippen LogP contribution in [0, 0.1) is 0 Å². The van der Waals surface area contributed by atoms with Crippen molar-refractivity contribution in [3.05, 3.63) is 36.5 Å². The number of nitrogens with one attached hydrogen (secondary N) is 2. The van der Waals surface area contributed by atoms with Crippen LogP contribution in [-0.2, 0) is 23.9 Å². The van der Waals surface area contributed by atoms with E-state index in [0.717, 1.165) is 24.6 Å². The fraction of sp³-hybridized carbons (Fsp3) is 0.655. The molecular weight excluding hydrogens is 577 g/mol. The molecule has 3 atom stereocenters. The van der Waals surface area contributed by atoms with Crippen LogP contribution in [0.3, 0.4) is 0 Å². The maximum absolute atomic E-state index is 12.8. The lowest BCUT2D eigenvalue weighted by atomic mass is 10.1. The molecular formula is C29H45F3N2O7S. The predicted octanol–water partition coefficient (Wildman–Crippen LogP) is 4.85. The molecule has 0 rings (SSSR count). The number of ether oxygens (including phenoxy) is 1. The van der Waals surface area contributed by atoms with E-state index in [4.69, 9.17) is 9.84 Å². The van der Waals surface area contributed by atoms with Crippen LogP contribution in [0.5, 0.6) is 0 Å². The summed E-state index contributed by atoms with van der Waals surface area (Å²) in [6.07, 6.45) is 14.1. The third-order valence-corrected chi connectivity index (χ3v) is 7.20. The van der Waals surface area contributed by atoms with Gasteiger partial charge in [-0.2, -0.15) is 13.2 Å². The number of alkyl halides is 3. The first-order chi connectivity index (χ1) is 19.9. The Morgan fingerprint density at radius 1 is 0.952 bits per heavy atom. The van der Waals surface area contributed by atoms with E-state index in [9.17, 15) is 37.5 Å². The molecule has 9 nitrogen and oxygen atoms in total.